The number of aliphatic hydroxyl groups is 1. The quantitative estimate of drug-likeness (QED) is 0.760. The van der Waals surface area contributed by atoms with Crippen LogP contribution in [-0.4, -0.2) is 16.8 Å². The van der Waals surface area contributed by atoms with Crippen LogP contribution in [0.3, 0.4) is 0 Å². The van der Waals surface area contributed by atoms with Crippen molar-refractivity contribution < 1.29 is 9.84 Å². The number of ether oxygens (including phenoxy) is 1. The third-order valence-corrected chi connectivity index (χ3v) is 3.98. The highest BCUT2D eigenvalue weighted by atomic mass is 16.6. The number of benzene rings is 1. The molecule has 15 heavy (non-hydrogen) atoms. The lowest BCUT2D eigenvalue weighted by Gasteiger charge is -2.26. The smallest absolute Gasteiger partial charge is 0.0966 e. The molecule has 0 spiro atoms. The summed E-state index contributed by atoms with van der Waals surface area (Å²) in [6.07, 6.45) is 2.42. The summed E-state index contributed by atoms with van der Waals surface area (Å²) >= 11 is 0. The number of rotatable bonds is 1. The van der Waals surface area contributed by atoms with Crippen LogP contribution in [0.2, 0.25) is 0 Å². The molecule has 2 heterocycles. The Balaban J connectivity index is 2.01. The van der Waals surface area contributed by atoms with Crippen molar-refractivity contribution in [1.82, 2.24) is 0 Å². The van der Waals surface area contributed by atoms with Crippen LogP contribution in [0.15, 0.2) is 30.3 Å². The topological polar surface area (TPSA) is 29.5 Å². The average molecular weight is 204 g/mol. The van der Waals surface area contributed by atoms with Gasteiger partial charge >= 0.3 is 0 Å². The van der Waals surface area contributed by atoms with Crippen molar-refractivity contribution in [3.63, 3.8) is 0 Å². The molecule has 1 aromatic rings. The standard InChI is InChI=1S/C13H16O2/c1-12-7-8-13(15-12,9-11(12)14)10-5-3-2-4-6-10/h2-6,11,14H,7-9H2,1H3. The lowest BCUT2D eigenvalue weighted by atomic mass is 9.77. The van der Waals surface area contributed by atoms with Crippen molar-refractivity contribution in [2.24, 2.45) is 0 Å². The van der Waals surface area contributed by atoms with E-state index < -0.39 is 0 Å². The number of fused-ring (bicyclic) bond motifs is 2. The van der Waals surface area contributed by atoms with E-state index in [-0.39, 0.29) is 17.3 Å². The molecule has 2 saturated heterocycles. The van der Waals surface area contributed by atoms with Crippen LogP contribution in [0, 0.1) is 0 Å². The zero-order valence-electron chi connectivity index (χ0n) is 8.94. The molecule has 0 amide bonds. The van der Waals surface area contributed by atoms with Gasteiger partial charge < -0.3 is 9.84 Å². The normalized spacial score (nSPS) is 43.5. The molecule has 2 aliphatic rings. The Morgan fingerprint density at radius 2 is 2.00 bits per heavy atom. The van der Waals surface area contributed by atoms with Gasteiger partial charge in [-0.15, -0.1) is 0 Å². The zero-order chi connectivity index (χ0) is 10.5. The van der Waals surface area contributed by atoms with Gasteiger partial charge in [0.25, 0.3) is 0 Å². The molecule has 2 heteroatoms. The van der Waals surface area contributed by atoms with Gasteiger partial charge in [-0.3, -0.25) is 0 Å². The van der Waals surface area contributed by atoms with Gasteiger partial charge in [-0.2, -0.15) is 0 Å². The van der Waals surface area contributed by atoms with Crippen molar-refractivity contribution in [2.45, 2.75) is 43.5 Å². The minimum absolute atomic E-state index is 0.213. The van der Waals surface area contributed by atoms with E-state index in [2.05, 4.69) is 12.1 Å². The monoisotopic (exact) mass is 204 g/mol. The Hall–Kier alpha value is -0.860. The van der Waals surface area contributed by atoms with E-state index in [1.54, 1.807) is 0 Å². The summed E-state index contributed by atoms with van der Waals surface area (Å²) in [7, 11) is 0. The van der Waals surface area contributed by atoms with Gasteiger partial charge in [0, 0.05) is 6.42 Å². The van der Waals surface area contributed by atoms with Crippen LogP contribution in [0.25, 0.3) is 0 Å². The fourth-order valence-electron chi connectivity index (χ4n) is 2.97. The molecule has 80 valence electrons. The molecule has 2 aliphatic heterocycles. The fourth-order valence-corrected chi connectivity index (χ4v) is 2.97. The summed E-state index contributed by atoms with van der Waals surface area (Å²) < 4.78 is 6.10. The highest BCUT2D eigenvalue weighted by Crippen LogP contribution is 2.55. The molecule has 0 saturated carbocycles. The van der Waals surface area contributed by atoms with Crippen molar-refractivity contribution in [1.29, 1.82) is 0 Å². The molecular formula is C13H16O2. The molecule has 0 aliphatic carbocycles. The predicted octanol–water partition coefficient (Wildman–Crippen LogP) is 2.22. The molecule has 3 rings (SSSR count). The summed E-state index contributed by atoms with van der Waals surface area (Å²) in [6, 6.07) is 10.3. The van der Waals surface area contributed by atoms with Crippen molar-refractivity contribution in [3.8, 4) is 0 Å². The van der Waals surface area contributed by atoms with Crippen molar-refractivity contribution >= 4 is 0 Å². The Kier molecular flexibility index (Phi) is 1.77. The Morgan fingerprint density at radius 3 is 2.53 bits per heavy atom. The predicted molar refractivity (Wildman–Crippen MR) is 57.5 cm³/mol. The molecule has 0 radical (unpaired) electrons. The highest BCUT2D eigenvalue weighted by molar-refractivity contribution is 5.27. The average Bonchev–Trinajstić information content (AvgIpc) is 2.71. The van der Waals surface area contributed by atoms with Crippen LogP contribution in [0.5, 0.6) is 0 Å². The van der Waals surface area contributed by atoms with Crippen LogP contribution in [0.4, 0.5) is 0 Å². The number of aliphatic hydroxyl groups excluding tert-OH is 1. The number of hydrogen-bond acceptors (Lipinski definition) is 2. The van der Waals surface area contributed by atoms with Gasteiger partial charge in [0.1, 0.15) is 0 Å². The van der Waals surface area contributed by atoms with E-state index >= 15 is 0 Å². The Labute approximate surface area is 89.9 Å². The van der Waals surface area contributed by atoms with Gasteiger partial charge in [-0.25, -0.2) is 0 Å². The lowest BCUT2D eigenvalue weighted by Crippen LogP contribution is -2.34. The number of hydrogen-bond donors (Lipinski definition) is 1. The molecule has 1 aromatic carbocycles. The van der Waals surface area contributed by atoms with Gasteiger partial charge in [0.15, 0.2) is 0 Å². The van der Waals surface area contributed by atoms with Crippen LogP contribution < -0.4 is 0 Å². The van der Waals surface area contributed by atoms with E-state index in [9.17, 15) is 5.11 Å². The maximum Gasteiger partial charge on any atom is 0.0966 e. The van der Waals surface area contributed by atoms with E-state index in [4.69, 9.17) is 4.74 Å². The van der Waals surface area contributed by atoms with Crippen LogP contribution in [0.1, 0.15) is 31.7 Å². The SMILES string of the molecule is CC12CCC(c3ccccc3)(CC1O)O2. The second-order valence-electron chi connectivity index (χ2n) is 4.99. The van der Waals surface area contributed by atoms with Gasteiger partial charge in [-0.05, 0) is 25.3 Å². The minimum Gasteiger partial charge on any atom is -0.390 e. The van der Waals surface area contributed by atoms with Gasteiger partial charge in [0.05, 0.1) is 17.3 Å². The third-order valence-electron chi connectivity index (χ3n) is 3.98. The summed E-state index contributed by atoms with van der Waals surface area (Å²) in [6.45, 7) is 2.02. The molecular weight excluding hydrogens is 188 g/mol. The molecule has 1 N–H and O–H groups in total. The fraction of sp³-hybridized carbons (Fsp3) is 0.538. The van der Waals surface area contributed by atoms with Crippen molar-refractivity contribution in [3.05, 3.63) is 35.9 Å². The third kappa shape index (κ3) is 1.18. The first-order chi connectivity index (χ1) is 7.15. The molecule has 0 aromatic heterocycles. The highest BCUT2D eigenvalue weighted by Gasteiger charge is 2.59. The minimum atomic E-state index is -0.313. The summed E-state index contributed by atoms with van der Waals surface area (Å²) in [4.78, 5) is 0. The molecule has 3 unspecified atom stereocenters. The second-order valence-corrected chi connectivity index (χ2v) is 4.99. The lowest BCUT2D eigenvalue weighted by molar-refractivity contribution is -0.0658. The van der Waals surface area contributed by atoms with Crippen molar-refractivity contribution in [2.75, 3.05) is 0 Å². The van der Waals surface area contributed by atoms with E-state index in [1.165, 1.54) is 5.56 Å². The summed E-state index contributed by atoms with van der Waals surface area (Å²) in [5.74, 6) is 0. The molecule has 2 nitrogen and oxygen atoms in total. The maximum atomic E-state index is 9.98. The molecule has 2 bridgehead atoms. The first kappa shape index (κ1) is 9.37. The molecule has 2 fully saturated rings. The maximum absolute atomic E-state index is 9.98. The second kappa shape index (κ2) is 2.83. The van der Waals surface area contributed by atoms with Crippen LogP contribution >= 0.6 is 0 Å². The van der Waals surface area contributed by atoms with E-state index in [0.717, 1.165) is 19.3 Å². The van der Waals surface area contributed by atoms with Gasteiger partial charge in [0.2, 0.25) is 0 Å². The zero-order valence-corrected chi connectivity index (χ0v) is 8.94. The summed E-state index contributed by atoms with van der Waals surface area (Å²) in [5, 5.41) is 9.98. The largest absolute Gasteiger partial charge is 0.390 e. The van der Waals surface area contributed by atoms with E-state index in [1.807, 2.05) is 25.1 Å². The van der Waals surface area contributed by atoms with Gasteiger partial charge in [-0.1, -0.05) is 30.3 Å². The first-order valence-electron chi connectivity index (χ1n) is 5.58. The van der Waals surface area contributed by atoms with E-state index in [0.29, 0.717) is 0 Å². The Morgan fingerprint density at radius 1 is 1.27 bits per heavy atom. The van der Waals surface area contributed by atoms with Crippen LogP contribution in [-0.2, 0) is 10.3 Å². The molecule has 3 atom stereocenters. The summed E-state index contributed by atoms with van der Waals surface area (Å²) in [5.41, 5.74) is 0.691. The first-order valence-corrected chi connectivity index (χ1v) is 5.58. The Bertz CT molecular complexity index is 375.